The molecule has 12 heteroatoms. The van der Waals surface area contributed by atoms with Crippen molar-refractivity contribution in [3.05, 3.63) is 60.4 Å². The summed E-state index contributed by atoms with van der Waals surface area (Å²) in [7, 11) is 1.70. The van der Waals surface area contributed by atoms with E-state index in [9.17, 15) is 17.6 Å². The highest BCUT2D eigenvalue weighted by Gasteiger charge is 2.54. The van der Waals surface area contributed by atoms with Crippen LogP contribution in [-0.4, -0.2) is 44.2 Å². The second-order valence-electron chi connectivity index (χ2n) is 10.0. The van der Waals surface area contributed by atoms with Gasteiger partial charge in [-0.3, -0.25) is 0 Å². The lowest BCUT2D eigenvalue weighted by atomic mass is 9.58. The number of nitrogens with two attached hydrogens (primary N) is 1. The molecule has 6 rings (SSSR count). The van der Waals surface area contributed by atoms with Crippen molar-refractivity contribution < 1.29 is 17.6 Å². The lowest BCUT2D eigenvalue weighted by Gasteiger charge is -2.59. The first-order chi connectivity index (χ1) is 18.2. The number of aromatic nitrogens is 5. The molecular formula is C26H24F4N8. The van der Waals surface area contributed by atoms with Crippen molar-refractivity contribution in [3.8, 4) is 22.5 Å². The van der Waals surface area contributed by atoms with Crippen molar-refractivity contribution in [3.63, 3.8) is 0 Å². The largest absolute Gasteiger partial charge is 0.381 e. The maximum Gasteiger partial charge on any atom is 0.241 e. The zero-order valence-corrected chi connectivity index (χ0v) is 20.4. The predicted octanol–water partition coefficient (Wildman–Crippen LogP) is 5.02. The molecule has 1 aliphatic heterocycles. The predicted molar refractivity (Wildman–Crippen MR) is 135 cm³/mol. The second kappa shape index (κ2) is 8.96. The summed E-state index contributed by atoms with van der Waals surface area (Å²) in [6.07, 6.45) is 1.92. The number of nitrogen functional groups attached to an aromatic ring is 1. The van der Waals surface area contributed by atoms with Crippen LogP contribution in [0.3, 0.4) is 0 Å². The van der Waals surface area contributed by atoms with E-state index in [2.05, 4.69) is 30.3 Å². The van der Waals surface area contributed by atoms with Crippen LogP contribution in [0.5, 0.6) is 0 Å². The van der Waals surface area contributed by atoms with Gasteiger partial charge in [0.05, 0.1) is 0 Å². The first kappa shape index (κ1) is 24.1. The zero-order valence-electron chi connectivity index (χ0n) is 20.4. The summed E-state index contributed by atoms with van der Waals surface area (Å²) >= 11 is 0. The van der Waals surface area contributed by atoms with Gasteiger partial charge in [0.15, 0.2) is 17.5 Å². The van der Waals surface area contributed by atoms with Crippen molar-refractivity contribution in [2.24, 2.45) is 18.4 Å². The van der Waals surface area contributed by atoms with Gasteiger partial charge in [-0.2, -0.15) is 4.98 Å². The van der Waals surface area contributed by atoms with E-state index in [1.54, 1.807) is 19.3 Å². The van der Waals surface area contributed by atoms with Gasteiger partial charge >= 0.3 is 0 Å². The second-order valence-corrected chi connectivity index (χ2v) is 10.0. The summed E-state index contributed by atoms with van der Waals surface area (Å²) in [5, 5.41) is 7.44. The van der Waals surface area contributed by atoms with E-state index >= 15 is 0 Å². The Balaban J connectivity index is 1.13. The molecule has 196 valence electrons. The van der Waals surface area contributed by atoms with Crippen LogP contribution in [-0.2, 0) is 7.05 Å². The van der Waals surface area contributed by atoms with Crippen molar-refractivity contribution in [2.75, 3.05) is 29.0 Å². The zero-order chi connectivity index (χ0) is 26.6. The Bertz CT molecular complexity index is 1490. The van der Waals surface area contributed by atoms with Crippen LogP contribution in [0.15, 0.2) is 48.8 Å². The fourth-order valence-corrected chi connectivity index (χ4v) is 5.34. The average molecular weight is 525 g/mol. The summed E-state index contributed by atoms with van der Waals surface area (Å²) in [5.74, 6) is -0.588. The minimum Gasteiger partial charge on any atom is -0.381 e. The van der Waals surface area contributed by atoms with E-state index in [4.69, 9.17) is 5.73 Å². The highest BCUT2D eigenvalue weighted by atomic mass is 19.3. The Morgan fingerprint density at radius 1 is 1.05 bits per heavy atom. The molecule has 3 N–H and O–H groups in total. The van der Waals surface area contributed by atoms with Crippen molar-refractivity contribution in [2.45, 2.75) is 19.3 Å². The fraction of sp³-hybridized carbons (Fsp3) is 0.308. The molecule has 2 aliphatic rings. The monoisotopic (exact) mass is 524 g/mol. The Morgan fingerprint density at radius 3 is 2.53 bits per heavy atom. The number of benzene rings is 1. The van der Waals surface area contributed by atoms with Crippen LogP contribution in [0.2, 0.25) is 0 Å². The minimum absolute atomic E-state index is 0.0159. The number of alkyl halides is 2. The third kappa shape index (κ3) is 4.19. The number of anilines is 4. The first-order valence-electron chi connectivity index (χ1n) is 12.1. The molecule has 0 unspecified atom stereocenters. The van der Waals surface area contributed by atoms with Crippen LogP contribution in [0.25, 0.3) is 22.5 Å². The smallest absolute Gasteiger partial charge is 0.241 e. The average Bonchev–Trinajstić information content (AvgIpc) is 3.20. The van der Waals surface area contributed by atoms with Crippen LogP contribution in [0.4, 0.5) is 40.8 Å². The molecule has 38 heavy (non-hydrogen) atoms. The highest BCUT2D eigenvalue weighted by Crippen LogP contribution is 2.54. The molecule has 0 radical (unpaired) electrons. The number of halogens is 4. The molecule has 3 aromatic heterocycles. The van der Waals surface area contributed by atoms with E-state index in [-0.39, 0.29) is 22.4 Å². The number of aryl methyl sites for hydroxylation is 1. The minimum atomic E-state index is -2.23. The Morgan fingerprint density at radius 2 is 1.84 bits per heavy atom. The third-order valence-corrected chi connectivity index (χ3v) is 7.32. The van der Waals surface area contributed by atoms with E-state index in [1.807, 2.05) is 12.1 Å². The third-order valence-electron chi connectivity index (χ3n) is 7.32. The van der Waals surface area contributed by atoms with E-state index < -0.39 is 24.0 Å². The van der Waals surface area contributed by atoms with Crippen LogP contribution in [0.1, 0.15) is 12.8 Å². The SMILES string of the molecule is Cn1nc(-c2ccc(N3CC4(CC(C(F)F)C4)C3)nc2)nc1Nc1ccc(-c2ccnc(N)c2F)c(F)c1. The van der Waals surface area contributed by atoms with Gasteiger partial charge in [0.2, 0.25) is 12.4 Å². The summed E-state index contributed by atoms with van der Waals surface area (Å²) in [6.45, 7) is 1.49. The number of nitrogens with zero attached hydrogens (tertiary/aromatic N) is 6. The van der Waals surface area contributed by atoms with Gasteiger partial charge in [-0.05, 0) is 49.2 Å². The van der Waals surface area contributed by atoms with E-state index in [0.29, 0.717) is 35.9 Å². The topological polar surface area (TPSA) is 97.8 Å². The number of pyridine rings is 2. The molecule has 2 fully saturated rings. The standard InChI is InChI=1S/C26H24F4N8/c1-37-25(34-16-3-4-17(19(27)8-16)18-6-7-32-23(31)21(18)28)35-24(36-37)14-2-5-20(33-11-14)38-12-26(13-38)9-15(10-26)22(29)30/h2-8,11,15,22H,9-10,12-13H2,1H3,(H2,31,32)(H,34,35,36). The van der Waals surface area contributed by atoms with Gasteiger partial charge in [0, 0.05) is 66.2 Å². The molecule has 4 aromatic rings. The molecule has 1 spiro atoms. The Hall–Kier alpha value is -4.22. The molecule has 1 saturated carbocycles. The fourth-order valence-electron chi connectivity index (χ4n) is 5.34. The number of hydrogen-bond acceptors (Lipinski definition) is 7. The van der Waals surface area contributed by atoms with Crippen LogP contribution in [0, 0.1) is 23.0 Å². The molecule has 1 aliphatic carbocycles. The number of rotatable bonds is 6. The summed E-state index contributed by atoms with van der Waals surface area (Å²) in [4.78, 5) is 14.8. The molecule has 0 atom stereocenters. The quantitative estimate of drug-likeness (QED) is 0.342. The lowest BCUT2D eigenvalue weighted by Crippen LogP contribution is -2.63. The van der Waals surface area contributed by atoms with E-state index in [0.717, 1.165) is 18.9 Å². The molecule has 0 bridgehead atoms. The van der Waals surface area contributed by atoms with Gasteiger partial charge in [-0.1, -0.05) is 0 Å². The first-order valence-corrected chi connectivity index (χ1v) is 12.1. The molecule has 4 heterocycles. The molecule has 1 aromatic carbocycles. The van der Waals surface area contributed by atoms with Gasteiger partial charge in [-0.15, -0.1) is 5.10 Å². The normalized spacial score (nSPS) is 16.5. The van der Waals surface area contributed by atoms with Gasteiger partial charge in [0.1, 0.15) is 11.6 Å². The molecule has 8 nitrogen and oxygen atoms in total. The molecule has 1 saturated heterocycles. The number of nitrogens with one attached hydrogen (secondary N) is 1. The molecular weight excluding hydrogens is 500 g/mol. The Labute approximate surface area is 215 Å². The number of hydrogen-bond donors (Lipinski definition) is 2. The van der Waals surface area contributed by atoms with Crippen molar-refractivity contribution in [1.82, 2.24) is 24.7 Å². The maximum absolute atomic E-state index is 14.8. The van der Waals surface area contributed by atoms with E-state index in [1.165, 1.54) is 29.1 Å². The summed E-state index contributed by atoms with van der Waals surface area (Å²) in [5.41, 5.74) is 6.71. The highest BCUT2D eigenvalue weighted by molar-refractivity contribution is 5.70. The lowest BCUT2D eigenvalue weighted by molar-refractivity contribution is -0.0658. The van der Waals surface area contributed by atoms with Crippen molar-refractivity contribution in [1.29, 1.82) is 0 Å². The summed E-state index contributed by atoms with van der Waals surface area (Å²) in [6, 6.07) is 9.38. The maximum atomic E-state index is 14.8. The van der Waals surface area contributed by atoms with Crippen LogP contribution >= 0.6 is 0 Å². The van der Waals surface area contributed by atoms with Crippen molar-refractivity contribution >= 4 is 23.3 Å². The molecule has 0 amide bonds. The van der Waals surface area contributed by atoms with Crippen LogP contribution < -0.4 is 16.0 Å². The van der Waals surface area contributed by atoms with Gasteiger partial charge in [-0.25, -0.2) is 32.2 Å². The summed E-state index contributed by atoms with van der Waals surface area (Å²) < 4.78 is 56.3. The Kier molecular flexibility index (Phi) is 5.69. The van der Waals surface area contributed by atoms with Gasteiger partial charge in [0.25, 0.3) is 0 Å². The van der Waals surface area contributed by atoms with Gasteiger partial charge < -0.3 is 16.0 Å².